The SMILES string of the molecule is c1ccc(C2CCc3n[nH]nc32)cc1. The van der Waals surface area contributed by atoms with Gasteiger partial charge in [-0.1, -0.05) is 30.3 Å². The maximum atomic E-state index is 4.22. The highest BCUT2D eigenvalue weighted by Crippen LogP contribution is 2.34. The van der Waals surface area contributed by atoms with Crippen LogP contribution in [0.4, 0.5) is 0 Å². The summed E-state index contributed by atoms with van der Waals surface area (Å²) >= 11 is 0. The Morgan fingerprint density at radius 1 is 1.14 bits per heavy atom. The van der Waals surface area contributed by atoms with Gasteiger partial charge in [0.15, 0.2) is 0 Å². The van der Waals surface area contributed by atoms with E-state index in [9.17, 15) is 0 Å². The van der Waals surface area contributed by atoms with Gasteiger partial charge in [0, 0.05) is 5.92 Å². The van der Waals surface area contributed by atoms with Crippen LogP contribution in [-0.4, -0.2) is 15.4 Å². The van der Waals surface area contributed by atoms with Gasteiger partial charge in [-0.2, -0.15) is 15.4 Å². The number of rotatable bonds is 1. The highest BCUT2D eigenvalue weighted by atomic mass is 15.3. The lowest BCUT2D eigenvalue weighted by Crippen LogP contribution is -1.96. The molecule has 3 nitrogen and oxygen atoms in total. The lowest BCUT2D eigenvalue weighted by Gasteiger charge is -2.07. The Kier molecular flexibility index (Phi) is 1.63. The van der Waals surface area contributed by atoms with Crippen LogP contribution >= 0.6 is 0 Å². The van der Waals surface area contributed by atoms with E-state index < -0.39 is 0 Å². The average molecular weight is 185 g/mol. The first kappa shape index (κ1) is 7.74. The second-order valence-electron chi connectivity index (χ2n) is 3.66. The molecule has 1 unspecified atom stereocenters. The van der Waals surface area contributed by atoms with Crippen LogP contribution in [0.3, 0.4) is 0 Å². The van der Waals surface area contributed by atoms with Crippen molar-refractivity contribution < 1.29 is 0 Å². The Morgan fingerprint density at radius 2 is 2.00 bits per heavy atom. The number of H-pyrrole nitrogens is 1. The molecule has 0 radical (unpaired) electrons. The maximum absolute atomic E-state index is 4.22. The van der Waals surface area contributed by atoms with Crippen LogP contribution in [0.5, 0.6) is 0 Å². The molecule has 3 heteroatoms. The Balaban J connectivity index is 2.03. The van der Waals surface area contributed by atoms with Gasteiger partial charge >= 0.3 is 0 Å². The fraction of sp³-hybridized carbons (Fsp3) is 0.273. The summed E-state index contributed by atoms with van der Waals surface area (Å²) in [6.07, 6.45) is 2.19. The molecule has 0 bridgehead atoms. The van der Waals surface area contributed by atoms with Crippen LogP contribution in [0, 0.1) is 0 Å². The maximum Gasteiger partial charge on any atom is 0.0931 e. The third kappa shape index (κ3) is 1.05. The Labute approximate surface area is 82.2 Å². The van der Waals surface area contributed by atoms with E-state index in [4.69, 9.17) is 0 Å². The lowest BCUT2D eigenvalue weighted by atomic mass is 9.97. The predicted molar refractivity (Wildman–Crippen MR) is 53.0 cm³/mol. The summed E-state index contributed by atoms with van der Waals surface area (Å²) in [7, 11) is 0. The molecule has 1 atom stereocenters. The summed E-state index contributed by atoms with van der Waals surface area (Å²) in [5.41, 5.74) is 3.62. The molecule has 14 heavy (non-hydrogen) atoms. The second-order valence-corrected chi connectivity index (χ2v) is 3.66. The monoisotopic (exact) mass is 185 g/mol. The Morgan fingerprint density at radius 3 is 2.86 bits per heavy atom. The molecular formula is C11H11N3. The van der Waals surface area contributed by atoms with E-state index in [-0.39, 0.29) is 0 Å². The largest absolute Gasteiger partial charge is 0.197 e. The summed E-state index contributed by atoms with van der Waals surface area (Å²) < 4.78 is 0. The number of hydrogen-bond acceptors (Lipinski definition) is 2. The van der Waals surface area contributed by atoms with Crippen molar-refractivity contribution in [2.45, 2.75) is 18.8 Å². The summed E-state index contributed by atoms with van der Waals surface area (Å²) in [5.74, 6) is 0.449. The molecule has 0 saturated carbocycles. The van der Waals surface area contributed by atoms with E-state index in [1.807, 2.05) is 6.07 Å². The summed E-state index contributed by atoms with van der Waals surface area (Å²) in [6.45, 7) is 0. The van der Waals surface area contributed by atoms with Crippen molar-refractivity contribution >= 4 is 0 Å². The zero-order valence-corrected chi connectivity index (χ0v) is 7.77. The van der Waals surface area contributed by atoms with Crippen molar-refractivity contribution in [3.63, 3.8) is 0 Å². The third-order valence-electron chi connectivity index (χ3n) is 2.85. The summed E-state index contributed by atoms with van der Waals surface area (Å²) in [5, 5.41) is 11.1. The molecule has 3 rings (SSSR count). The zero-order chi connectivity index (χ0) is 9.38. The van der Waals surface area contributed by atoms with Crippen LogP contribution in [0.2, 0.25) is 0 Å². The molecule has 0 fully saturated rings. The molecule has 70 valence electrons. The number of aromatic nitrogens is 3. The molecule has 0 spiro atoms. The predicted octanol–water partition coefficient (Wildman–Crippen LogP) is 1.88. The van der Waals surface area contributed by atoms with Crippen molar-refractivity contribution in [1.29, 1.82) is 0 Å². The second kappa shape index (κ2) is 2.94. The van der Waals surface area contributed by atoms with Gasteiger partial charge in [0.25, 0.3) is 0 Å². The molecule has 1 aromatic carbocycles. The molecule has 0 saturated heterocycles. The van der Waals surface area contributed by atoms with Crippen LogP contribution in [0.25, 0.3) is 0 Å². The van der Waals surface area contributed by atoms with E-state index in [2.05, 4.69) is 39.7 Å². The molecule has 2 aromatic rings. The lowest BCUT2D eigenvalue weighted by molar-refractivity contribution is 0.731. The van der Waals surface area contributed by atoms with Gasteiger partial charge in [-0.05, 0) is 18.4 Å². The van der Waals surface area contributed by atoms with Gasteiger partial charge in [-0.3, -0.25) is 0 Å². The third-order valence-corrected chi connectivity index (χ3v) is 2.85. The molecule has 1 aromatic heterocycles. The van der Waals surface area contributed by atoms with Crippen molar-refractivity contribution in [3.8, 4) is 0 Å². The van der Waals surface area contributed by atoms with E-state index in [1.165, 1.54) is 5.56 Å². The van der Waals surface area contributed by atoms with Crippen molar-refractivity contribution in [3.05, 3.63) is 47.3 Å². The van der Waals surface area contributed by atoms with Crippen LogP contribution in [0.15, 0.2) is 30.3 Å². The van der Waals surface area contributed by atoms with Crippen LogP contribution in [-0.2, 0) is 6.42 Å². The van der Waals surface area contributed by atoms with Gasteiger partial charge < -0.3 is 0 Å². The number of nitrogens with one attached hydrogen (secondary N) is 1. The molecule has 0 amide bonds. The van der Waals surface area contributed by atoms with Gasteiger partial charge in [0.1, 0.15) is 0 Å². The van der Waals surface area contributed by atoms with E-state index in [1.54, 1.807) is 0 Å². The van der Waals surface area contributed by atoms with Crippen molar-refractivity contribution in [2.24, 2.45) is 0 Å². The van der Waals surface area contributed by atoms with Crippen LogP contribution in [0.1, 0.15) is 29.3 Å². The molecule has 1 N–H and O–H groups in total. The van der Waals surface area contributed by atoms with E-state index in [0.717, 1.165) is 24.2 Å². The smallest absolute Gasteiger partial charge is 0.0931 e. The van der Waals surface area contributed by atoms with Gasteiger partial charge in [0.2, 0.25) is 0 Å². The fourth-order valence-corrected chi connectivity index (χ4v) is 2.15. The summed E-state index contributed by atoms with van der Waals surface area (Å²) in [4.78, 5) is 0. The van der Waals surface area contributed by atoms with Crippen molar-refractivity contribution in [1.82, 2.24) is 15.4 Å². The topological polar surface area (TPSA) is 41.6 Å². The van der Waals surface area contributed by atoms with Gasteiger partial charge in [0.05, 0.1) is 11.4 Å². The quantitative estimate of drug-likeness (QED) is 0.737. The fourth-order valence-electron chi connectivity index (χ4n) is 2.15. The zero-order valence-electron chi connectivity index (χ0n) is 7.77. The normalized spacial score (nSPS) is 19.6. The first-order valence-corrected chi connectivity index (χ1v) is 4.89. The van der Waals surface area contributed by atoms with E-state index >= 15 is 0 Å². The average Bonchev–Trinajstić information content (AvgIpc) is 2.79. The summed E-state index contributed by atoms with van der Waals surface area (Å²) in [6, 6.07) is 10.5. The standard InChI is InChI=1S/C11H11N3/c1-2-4-8(5-3-1)9-6-7-10-11(9)13-14-12-10/h1-5,9H,6-7H2,(H,12,13,14). The minimum Gasteiger partial charge on any atom is -0.197 e. The minimum atomic E-state index is 0.449. The highest BCUT2D eigenvalue weighted by Gasteiger charge is 2.27. The minimum absolute atomic E-state index is 0.449. The van der Waals surface area contributed by atoms with Crippen LogP contribution < -0.4 is 0 Å². The van der Waals surface area contributed by atoms with E-state index in [0.29, 0.717) is 5.92 Å². The molecule has 1 aliphatic rings. The molecular weight excluding hydrogens is 174 g/mol. The number of nitrogens with zero attached hydrogens (tertiary/aromatic N) is 2. The van der Waals surface area contributed by atoms with Crippen molar-refractivity contribution in [2.75, 3.05) is 0 Å². The van der Waals surface area contributed by atoms with Gasteiger partial charge in [-0.15, -0.1) is 0 Å². The Bertz CT molecular complexity index is 433. The number of aromatic amines is 1. The molecule has 1 heterocycles. The highest BCUT2D eigenvalue weighted by molar-refractivity contribution is 5.33. The number of fused-ring (bicyclic) bond motifs is 1. The molecule has 1 aliphatic carbocycles. The first-order chi connectivity index (χ1) is 6.95. The number of benzene rings is 1. The Hall–Kier alpha value is -1.64. The van der Waals surface area contributed by atoms with Gasteiger partial charge in [-0.25, -0.2) is 0 Å². The number of aryl methyl sites for hydroxylation is 1. The molecule has 0 aliphatic heterocycles. The number of hydrogen-bond donors (Lipinski definition) is 1. The first-order valence-electron chi connectivity index (χ1n) is 4.89.